The van der Waals surface area contributed by atoms with Crippen molar-refractivity contribution in [3.05, 3.63) is 4.88 Å². The minimum Gasteiger partial charge on any atom is -0.383 e. The second kappa shape index (κ2) is 7.58. The third-order valence-electron chi connectivity index (χ3n) is 3.40. The number of aromatic nitrogens is 1. The van der Waals surface area contributed by atoms with Gasteiger partial charge in [-0.15, -0.1) is 0 Å². The fourth-order valence-corrected chi connectivity index (χ4v) is 3.18. The number of rotatable bonds is 6. The summed E-state index contributed by atoms with van der Waals surface area (Å²) in [6.07, 6.45) is 2.11. The Kier molecular flexibility index (Phi) is 5.77. The number of anilines is 2. The zero-order chi connectivity index (χ0) is 15.2. The molecule has 8 heteroatoms. The van der Waals surface area contributed by atoms with Crippen LogP contribution in [0.3, 0.4) is 0 Å². The van der Waals surface area contributed by atoms with Crippen molar-refractivity contribution in [3.63, 3.8) is 0 Å². The Hall–Kier alpha value is -1.38. The molecule has 1 amide bonds. The minimum absolute atomic E-state index is 0.134. The highest BCUT2D eigenvalue weighted by atomic mass is 32.1. The summed E-state index contributed by atoms with van der Waals surface area (Å²) in [6.45, 7) is 3.18. The lowest BCUT2D eigenvalue weighted by Gasteiger charge is -2.30. The molecule has 1 fully saturated rings. The molecular formula is C13H23N5O2S. The quantitative estimate of drug-likeness (QED) is 0.666. The van der Waals surface area contributed by atoms with E-state index in [2.05, 4.69) is 27.6 Å². The Bertz CT molecular complexity index is 479. The number of amides is 1. The van der Waals surface area contributed by atoms with Crippen LogP contribution in [-0.2, 0) is 4.74 Å². The van der Waals surface area contributed by atoms with Crippen molar-refractivity contribution in [2.75, 3.05) is 51.4 Å². The summed E-state index contributed by atoms with van der Waals surface area (Å²) in [4.78, 5) is 19.2. The number of nitrogens with zero attached hydrogens (tertiary/aromatic N) is 2. The van der Waals surface area contributed by atoms with Crippen LogP contribution in [0, 0.1) is 0 Å². The Labute approximate surface area is 128 Å². The van der Waals surface area contributed by atoms with E-state index in [1.54, 1.807) is 7.11 Å². The van der Waals surface area contributed by atoms with E-state index in [4.69, 9.17) is 10.5 Å². The predicted molar refractivity (Wildman–Crippen MR) is 84.9 cm³/mol. The monoisotopic (exact) mass is 313 g/mol. The Morgan fingerprint density at radius 3 is 3.14 bits per heavy atom. The Morgan fingerprint density at radius 2 is 2.43 bits per heavy atom. The van der Waals surface area contributed by atoms with E-state index in [0.29, 0.717) is 23.2 Å². The van der Waals surface area contributed by atoms with Gasteiger partial charge >= 0.3 is 0 Å². The van der Waals surface area contributed by atoms with Gasteiger partial charge in [-0.1, -0.05) is 11.3 Å². The van der Waals surface area contributed by atoms with Crippen LogP contribution in [0.25, 0.3) is 0 Å². The van der Waals surface area contributed by atoms with Crippen molar-refractivity contribution < 1.29 is 9.53 Å². The number of nitrogens with one attached hydrogen (secondary N) is 2. The van der Waals surface area contributed by atoms with E-state index in [-0.39, 0.29) is 17.8 Å². The number of methoxy groups -OCH3 is 1. The van der Waals surface area contributed by atoms with Crippen molar-refractivity contribution >= 4 is 28.2 Å². The molecule has 1 aromatic heterocycles. The van der Waals surface area contributed by atoms with Crippen LogP contribution < -0.4 is 16.4 Å². The van der Waals surface area contributed by atoms with Crippen molar-refractivity contribution in [3.8, 4) is 0 Å². The molecule has 2 rings (SSSR count). The number of ether oxygens (including phenoxy) is 1. The fraction of sp³-hybridized carbons (Fsp3) is 0.692. The lowest BCUT2D eigenvalue weighted by atomic mass is 10.1. The number of likely N-dealkylation sites (N-methyl/N-ethyl adjacent to an activating group) is 1. The molecule has 0 aromatic carbocycles. The number of likely N-dealkylation sites (tertiary alicyclic amines) is 1. The largest absolute Gasteiger partial charge is 0.383 e. The molecule has 0 spiro atoms. The third-order valence-corrected chi connectivity index (χ3v) is 4.43. The number of thiazole rings is 1. The maximum absolute atomic E-state index is 12.3. The third kappa shape index (κ3) is 4.55. The van der Waals surface area contributed by atoms with Gasteiger partial charge in [-0.05, 0) is 26.4 Å². The first-order valence-corrected chi connectivity index (χ1v) is 7.90. The van der Waals surface area contributed by atoms with Crippen molar-refractivity contribution in [2.24, 2.45) is 0 Å². The topological polar surface area (TPSA) is 92.5 Å². The van der Waals surface area contributed by atoms with Crippen LogP contribution in [0.4, 0.5) is 10.9 Å². The highest BCUT2D eigenvalue weighted by Crippen LogP contribution is 2.25. The standard InChI is InChI=1S/C13H23N5O2S/c1-18-6-3-4-9(8-18)16-12(19)10-11(14)17-13(21-10)15-5-7-20-2/h9H,3-8,14H2,1-2H3,(H,15,17)(H,16,19). The van der Waals surface area contributed by atoms with E-state index in [0.717, 1.165) is 25.9 Å². The van der Waals surface area contributed by atoms with Crippen molar-refractivity contribution in [1.29, 1.82) is 0 Å². The van der Waals surface area contributed by atoms with Gasteiger partial charge in [0.15, 0.2) is 5.13 Å². The zero-order valence-corrected chi connectivity index (χ0v) is 13.3. The smallest absolute Gasteiger partial charge is 0.265 e. The van der Waals surface area contributed by atoms with Gasteiger partial charge in [0.1, 0.15) is 10.7 Å². The fourth-order valence-electron chi connectivity index (χ4n) is 2.37. The van der Waals surface area contributed by atoms with Gasteiger partial charge in [0.25, 0.3) is 5.91 Å². The summed E-state index contributed by atoms with van der Waals surface area (Å²) in [6, 6.07) is 0.183. The summed E-state index contributed by atoms with van der Waals surface area (Å²) in [7, 11) is 3.70. The second-order valence-electron chi connectivity index (χ2n) is 5.23. The van der Waals surface area contributed by atoms with E-state index in [9.17, 15) is 4.79 Å². The van der Waals surface area contributed by atoms with E-state index >= 15 is 0 Å². The zero-order valence-electron chi connectivity index (χ0n) is 12.5. The van der Waals surface area contributed by atoms with Gasteiger partial charge in [0.05, 0.1) is 6.61 Å². The number of nitrogen functional groups attached to an aromatic ring is 1. The Balaban J connectivity index is 1.92. The van der Waals surface area contributed by atoms with Gasteiger partial charge in [-0.2, -0.15) is 0 Å². The molecule has 0 bridgehead atoms. The average molecular weight is 313 g/mol. The number of piperidine rings is 1. The van der Waals surface area contributed by atoms with Crippen LogP contribution in [0.15, 0.2) is 0 Å². The van der Waals surface area contributed by atoms with E-state index in [1.807, 2.05) is 0 Å². The first-order chi connectivity index (χ1) is 10.1. The number of hydrogen-bond acceptors (Lipinski definition) is 7. The number of nitrogens with two attached hydrogens (primary N) is 1. The van der Waals surface area contributed by atoms with Gasteiger partial charge in [-0.25, -0.2) is 4.98 Å². The maximum Gasteiger partial charge on any atom is 0.265 e. The molecule has 4 N–H and O–H groups in total. The van der Waals surface area contributed by atoms with Crippen LogP contribution in [0.2, 0.25) is 0 Å². The molecule has 1 aliphatic heterocycles. The lowest BCUT2D eigenvalue weighted by molar-refractivity contribution is 0.0917. The van der Waals surface area contributed by atoms with Crippen LogP contribution >= 0.6 is 11.3 Å². The summed E-state index contributed by atoms with van der Waals surface area (Å²) < 4.78 is 4.96. The van der Waals surface area contributed by atoms with Gasteiger partial charge in [-0.3, -0.25) is 4.79 Å². The normalized spacial score (nSPS) is 19.4. The molecule has 2 heterocycles. The number of hydrogen-bond donors (Lipinski definition) is 3. The number of carbonyl (C=O) groups is 1. The van der Waals surface area contributed by atoms with Crippen molar-refractivity contribution in [2.45, 2.75) is 18.9 Å². The first-order valence-electron chi connectivity index (χ1n) is 7.08. The highest BCUT2D eigenvalue weighted by molar-refractivity contribution is 7.18. The molecule has 0 saturated carbocycles. The van der Waals surface area contributed by atoms with Crippen LogP contribution in [-0.4, -0.2) is 62.2 Å². The Morgan fingerprint density at radius 1 is 1.62 bits per heavy atom. The molecule has 1 atom stereocenters. The summed E-state index contributed by atoms with van der Waals surface area (Å²) in [5.74, 6) is 0.145. The molecule has 7 nitrogen and oxygen atoms in total. The van der Waals surface area contributed by atoms with Gasteiger partial charge < -0.3 is 26.0 Å². The molecule has 21 heavy (non-hydrogen) atoms. The molecule has 1 aliphatic rings. The molecule has 1 unspecified atom stereocenters. The molecule has 118 valence electrons. The SMILES string of the molecule is COCCNc1nc(N)c(C(=O)NC2CCCN(C)C2)s1. The van der Waals surface area contributed by atoms with Crippen LogP contribution in [0.5, 0.6) is 0 Å². The molecule has 1 saturated heterocycles. The van der Waals surface area contributed by atoms with Crippen LogP contribution in [0.1, 0.15) is 22.5 Å². The average Bonchev–Trinajstić information content (AvgIpc) is 2.80. The molecule has 1 aromatic rings. The summed E-state index contributed by atoms with van der Waals surface area (Å²) in [5.41, 5.74) is 5.84. The summed E-state index contributed by atoms with van der Waals surface area (Å²) >= 11 is 1.28. The highest BCUT2D eigenvalue weighted by Gasteiger charge is 2.22. The maximum atomic E-state index is 12.3. The van der Waals surface area contributed by atoms with E-state index < -0.39 is 0 Å². The van der Waals surface area contributed by atoms with Gasteiger partial charge in [0, 0.05) is 26.2 Å². The molecular weight excluding hydrogens is 290 g/mol. The second-order valence-corrected chi connectivity index (χ2v) is 6.23. The first kappa shape index (κ1) is 16.0. The predicted octanol–water partition coefficient (Wildman–Crippen LogP) is 0.608. The lowest BCUT2D eigenvalue weighted by Crippen LogP contribution is -2.46. The number of carbonyl (C=O) groups excluding carboxylic acids is 1. The molecule has 0 radical (unpaired) electrons. The minimum atomic E-state index is -0.134. The van der Waals surface area contributed by atoms with E-state index in [1.165, 1.54) is 11.3 Å². The molecule has 0 aliphatic carbocycles. The van der Waals surface area contributed by atoms with Gasteiger partial charge in [0.2, 0.25) is 0 Å². The van der Waals surface area contributed by atoms with Crippen molar-refractivity contribution in [1.82, 2.24) is 15.2 Å². The summed E-state index contributed by atoms with van der Waals surface area (Å²) in [5, 5.41) is 6.78.